The summed E-state index contributed by atoms with van der Waals surface area (Å²) in [7, 11) is 0. The predicted octanol–water partition coefficient (Wildman–Crippen LogP) is 5.25. The molecule has 0 radical (unpaired) electrons. The number of rotatable bonds is 2. The van der Waals surface area contributed by atoms with E-state index in [-0.39, 0.29) is 22.5 Å². The minimum atomic E-state index is -0.279. The molecule has 0 bridgehead atoms. The van der Waals surface area contributed by atoms with Crippen molar-refractivity contribution in [3.8, 4) is 5.75 Å². The molecule has 26 heavy (non-hydrogen) atoms. The van der Waals surface area contributed by atoms with Crippen LogP contribution in [-0.4, -0.2) is 16.0 Å². The van der Waals surface area contributed by atoms with Gasteiger partial charge in [0.15, 0.2) is 0 Å². The van der Waals surface area contributed by atoms with Crippen LogP contribution in [0.3, 0.4) is 0 Å². The molecular formula is C22H30N2O2. The van der Waals surface area contributed by atoms with Gasteiger partial charge in [0.25, 0.3) is 5.91 Å². The summed E-state index contributed by atoms with van der Waals surface area (Å²) in [6.45, 7) is 16.1. The first-order valence-corrected chi connectivity index (χ1v) is 8.93. The first-order valence-electron chi connectivity index (χ1n) is 8.93. The Balaban J connectivity index is 2.52. The SMILES string of the molecule is Cc1cc(C)nc(NC(=O)c2cc(C(C)(C)C)c(O)c(C(C)(C)C)c2)c1. The molecule has 2 aromatic rings. The number of phenolic OH excluding ortho intramolecular Hbond substituents is 1. The van der Waals surface area contributed by atoms with Crippen LogP contribution in [0.2, 0.25) is 0 Å². The highest BCUT2D eigenvalue weighted by Crippen LogP contribution is 2.39. The number of aromatic nitrogens is 1. The Hall–Kier alpha value is -2.36. The van der Waals surface area contributed by atoms with E-state index in [1.807, 2.05) is 67.5 Å². The van der Waals surface area contributed by atoms with E-state index < -0.39 is 0 Å². The van der Waals surface area contributed by atoms with E-state index in [0.29, 0.717) is 11.4 Å². The zero-order valence-electron chi connectivity index (χ0n) is 17.1. The lowest BCUT2D eigenvalue weighted by atomic mass is 9.78. The number of nitrogens with zero attached hydrogens (tertiary/aromatic N) is 1. The molecule has 4 heteroatoms. The minimum Gasteiger partial charge on any atom is -0.507 e. The maximum Gasteiger partial charge on any atom is 0.256 e. The number of nitrogens with one attached hydrogen (secondary N) is 1. The normalized spacial score (nSPS) is 12.2. The third-order valence-electron chi connectivity index (χ3n) is 4.33. The zero-order valence-corrected chi connectivity index (χ0v) is 17.1. The predicted molar refractivity (Wildman–Crippen MR) is 107 cm³/mol. The molecule has 0 saturated carbocycles. The van der Waals surface area contributed by atoms with Crippen molar-refractivity contribution in [3.63, 3.8) is 0 Å². The van der Waals surface area contributed by atoms with E-state index >= 15 is 0 Å². The van der Waals surface area contributed by atoms with Crippen LogP contribution in [0.4, 0.5) is 5.82 Å². The van der Waals surface area contributed by atoms with Gasteiger partial charge in [-0.05, 0) is 54.5 Å². The molecule has 1 heterocycles. The van der Waals surface area contributed by atoms with Crippen molar-refractivity contribution < 1.29 is 9.90 Å². The van der Waals surface area contributed by atoms with Gasteiger partial charge in [-0.2, -0.15) is 0 Å². The van der Waals surface area contributed by atoms with Crippen LogP contribution >= 0.6 is 0 Å². The molecule has 1 aromatic carbocycles. The Morgan fingerprint density at radius 3 is 1.85 bits per heavy atom. The van der Waals surface area contributed by atoms with Crippen LogP contribution in [-0.2, 0) is 10.8 Å². The number of anilines is 1. The summed E-state index contributed by atoms with van der Waals surface area (Å²) in [5, 5.41) is 13.7. The second-order valence-corrected chi connectivity index (χ2v) is 9.05. The van der Waals surface area contributed by atoms with Crippen molar-refractivity contribution in [1.82, 2.24) is 4.98 Å². The molecule has 0 aliphatic heterocycles. The van der Waals surface area contributed by atoms with E-state index in [0.717, 1.165) is 22.4 Å². The fourth-order valence-corrected chi connectivity index (χ4v) is 3.00. The Kier molecular flexibility index (Phi) is 5.18. The second kappa shape index (κ2) is 6.75. The summed E-state index contributed by atoms with van der Waals surface area (Å²) < 4.78 is 0. The average Bonchev–Trinajstić information content (AvgIpc) is 2.43. The topological polar surface area (TPSA) is 62.2 Å². The lowest BCUT2D eigenvalue weighted by Gasteiger charge is -2.28. The summed E-state index contributed by atoms with van der Waals surface area (Å²) in [6.07, 6.45) is 0. The number of benzene rings is 1. The van der Waals surface area contributed by atoms with Gasteiger partial charge in [-0.3, -0.25) is 4.79 Å². The first kappa shape index (κ1) is 20.0. The molecule has 2 N–H and O–H groups in total. The van der Waals surface area contributed by atoms with Gasteiger partial charge in [-0.25, -0.2) is 4.98 Å². The largest absolute Gasteiger partial charge is 0.507 e. The van der Waals surface area contributed by atoms with E-state index in [1.54, 1.807) is 12.1 Å². The van der Waals surface area contributed by atoms with Crippen LogP contribution in [0.25, 0.3) is 0 Å². The molecule has 1 amide bonds. The van der Waals surface area contributed by atoms with Crippen molar-refractivity contribution >= 4 is 11.7 Å². The highest BCUT2D eigenvalue weighted by atomic mass is 16.3. The maximum absolute atomic E-state index is 12.9. The molecule has 0 aliphatic carbocycles. The molecule has 0 unspecified atom stereocenters. The lowest BCUT2D eigenvalue weighted by Crippen LogP contribution is -2.21. The lowest BCUT2D eigenvalue weighted by molar-refractivity contribution is 0.102. The molecule has 4 nitrogen and oxygen atoms in total. The summed E-state index contributed by atoms with van der Waals surface area (Å²) in [4.78, 5) is 17.3. The van der Waals surface area contributed by atoms with Crippen molar-refractivity contribution in [2.45, 2.75) is 66.2 Å². The summed E-state index contributed by atoms with van der Waals surface area (Å²) in [5.41, 5.74) is 3.41. The van der Waals surface area contributed by atoms with Gasteiger partial charge in [-0.15, -0.1) is 0 Å². The number of aromatic hydroxyl groups is 1. The molecule has 2 rings (SSSR count). The van der Waals surface area contributed by atoms with Crippen molar-refractivity contribution in [2.24, 2.45) is 0 Å². The van der Waals surface area contributed by atoms with Crippen molar-refractivity contribution in [2.75, 3.05) is 5.32 Å². The first-order chi connectivity index (χ1) is 11.8. The quantitative estimate of drug-likeness (QED) is 0.774. The number of carbonyl (C=O) groups excluding carboxylic acids is 1. The average molecular weight is 354 g/mol. The van der Waals surface area contributed by atoms with E-state index in [2.05, 4.69) is 10.3 Å². The molecule has 0 spiro atoms. The molecule has 0 aliphatic rings. The van der Waals surface area contributed by atoms with Gasteiger partial charge >= 0.3 is 0 Å². The van der Waals surface area contributed by atoms with Crippen LogP contribution in [0.5, 0.6) is 5.75 Å². The molecule has 140 valence electrons. The number of hydrogen-bond donors (Lipinski definition) is 2. The molecular weight excluding hydrogens is 324 g/mol. The third-order valence-corrected chi connectivity index (χ3v) is 4.33. The van der Waals surface area contributed by atoms with E-state index in [1.165, 1.54) is 0 Å². The second-order valence-electron chi connectivity index (χ2n) is 9.05. The van der Waals surface area contributed by atoms with E-state index in [9.17, 15) is 9.90 Å². The summed E-state index contributed by atoms with van der Waals surface area (Å²) in [5.74, 6) is 0.583. The van der Waals surface area contributed by atoms with Gasteiger partial charge in [0.2, 0.25) is 0 Å². The van der Waals surface area contributed by atoms with Gasteiger partial charge in [-0.1, -0.05) is 41.5 Å². The fraction of sp³-hybridized carbons (Fsp3) is 0.455. The maximum atomic E-state index is 12.9. The summed E-state index contributed by atoms with van der Waals surface area (Å²) in [6, 6.07) is 7.37. The number of aryl methyl sites for hydroxylation is 2. The smallest absolute Gasteiger partial charge is 0.256 e. The van der Waals surface area contributed by atoms with Crippen LogP contribution in [0.15, 0.2) is 24.3 Å². The minimum absolute atomic E-state index is 0.224. The Bertz CT molecular complexity index is 785. The van der Waals surface area contributed by atoms with Gasteiger partial charge in [0.1, 0.15) is 11.6 Å². The molecule has 0 fully saturated rings. The Labute approximate surface area is 156 Å². The van der Waals surface area contributed by atoms with Gasteiger partial charge < -0.3 is 10.4 Å². The zero-order chi connectivity index (χ0) is 19.9. The molecule has 1 aromatic heterocycles. The van der Waals surface area contributed by atoms with Crippen LogP contribution < -0.4 is 5.32 Å². The van der Waals surface area contributed by atoms with Gasteiger partial charge in [0, 0.05) is 22.4 Å². The van der Waals surface area contributed by atoms with E-state index in [4.69, 9.17) is 0 Å². The van der Waals surface area contributed by atoms with Crippen molar-refractivity contribution in [3.05, 3.63) is 52.2 Å². The van der Waals surface area contributed by atoms with Crippen molar-refractivity contribution in [1.29, 1.82) is 0 Å². The molecule has 0 atom stereocenters. The number of carbonyl (C=O) groups is 1. The number of phenols is 1. The van der Waals surface area contributed by atoms with Crippen LogP contribution in [0, 0.1) is 13.8 Å². The Morgan fingerprint density at radius 1 is 0.923 bits per heavy atom. The van der Waals surface area contributed by atoms with Gasteiger partial charge in [0.05, 0.1) is 0 Å². The summed E-state index contributed by atoms with van der Waals surface area (Å²) >= 11 is 0. The monoisotopic (exact) mass is 354 g/mol. The number of pyridine rings is 1. The number of hydrogen-bond acceptors (Lipinski definition) is 3. The van der Waals surface area contributed by atoms with Crippen LogP contribution in [0.1, 0.15) is 74.3 Å². The highest BCUT2D eigenvalue weighted by molar-refractivity contribution is 6.04. The fourth-order valence-electron chi connectivity index (χ4n) is 3.00. The number of amides is 1. The standard InChI is InChI=1S/C22H30N2O2/c1-13-9-14(2)23-18(10-13)24-20(26)15-11-16(21(3,4)5)19(25)17(12-15)22(6,7)8/h9-12,25H,1-8H3,(H,23,24,26). The third kappa shape index (κ3) is 4.43. The Morgan fingerprint density at radius 2 is 1.42 bits per heavy atom. The molecule has 0 saturated heterocycles. The highest BCUT2D eigenvalue weighted by Gasteiger charge is 2.27.